The SMILES string of the molecule is C=Cc1c(O)c(OC(=O)c2ccccc2[N+](=O)[O-])cc(O)c1OC(=O)c1ccccc1[N+](=O)[O-]. The average molecular weight is 466 g/mol. The summed E-state index contributed by atoms with van der Waals surface area (Å²) in [6, 6.07) is 10.6. The summed E-state index contributed by atoms with van der Waals surface area (Å²) in [7, 11) is 0. The first-order valence-electron chi connectivity index (χ1n) is 9.28. The fraction of sp³-hybridized carbons (Fsp3) is 0. The van der Waals surface area contributed by atoms with E-state index in [1.165, 1.54) is 24.3 Å². The minimum Gasteiger partial charge on any atom is -0.504 e. The molecule has 0 fully saturated rings. The lowest BCUT2D eigenvalue weighted by molar-refractivity contribution is -0.385. The van der Waals surface area contributed by atoms with Crippen LogP contribution < -0.4 is 9.47 Å². The molecular weight excluding hydrogens is 452 g/mol. The van der Waals surface area contributed by atoms with Gasteiger partial charge in [-0.1, -0.05) is 36.9 Å². The first kappa shape index (κ1) is 23.4. The van der Waals surface area contributed by atoms with E-state index in [1.54, 1.807) is 0 Å². The van der Waals surface area contributed by atoms with Crippen LogP contribution in [0.4, 0.5) is 11.4 Å². The molecule has 0 radical (unpaired) electrons. The molecule has 0 heterocycles. The van der Waals surface area contributed by atoms with Gasteiger partial charge in [-0.3, -0.25) is 20.2 Å². The zero-order valence-electron chi connectivity index (χ0n) is 17.0. The summed E-state index contributed by atoms with van der Waals surface area (Å²) in [5.41, 5.74) is -2.31. The van der Waals surface area contributed by atoms with Gasteiger partial charge in [0.2, 0.25) is 0 Å². The molecular formula is C22H14N2O10. The molecule has 0 unspecified atom stereocenters. The Balaban J connectivity index is 1.97. The molecule has 34 heavy (non-hydrogen) atoms. The van der Waals surface area contributed by atoms with Gasteiger partial charge in [-0.25, -0.2) is 9.59 Å². The third kappa shape index (κ3) is 4.50. The molecule has 0 spiro atoms. The monoisotopic (exact) mass is 466 g/mol. The minimum atomic E-state index is -1.21. The molecule has 3 aromatic rings. The van der Waals surface area contributed by atoms with Crippen LogP contribution in [0.25, 0.3) is 6.08 Å². The quantitative estimate of drug-likeness (QED) is 0.170. The summed E-state index contributed by atoms with van der Waals surface area (Å²) < 4.78 is 10.1. The predicted molar refractivity (Wildman–Crippen MR) is 116 cm³/mol. The van der Waals surface area contributed by atoms with Gasteiger partial charge in [0.15, 0.2) is 23.0 Å². The number of carbonyl (C=O) groups excluding carboxylic acids is 2. The van der Waals surface area contributed by atoms with Crippen molar-refractivity contribution >= 4 is 29.4 Å². The van der Waals surface area contributed by atoms with Gasteiger partial charge in [-0.15, -0.1) is 0 Å². The molecule has 0 bridgehead atoms. The number of phenolic OH excluding ortho intramolecular Hbond substituents is 2. The molecule has 3 aromatic carbocycles. The number of hydrogen-bond donors (Lipinski definition) is 2. The highest BCUT2D eigenvalue weighted by Gasteiger charge is 2.27. The van der Waals surface area contributed by atoms with Gasteiger partial charge in [0, 0.05) is 18.2 Å². The summed E-state index contributed by atoms with van der Waals surface area (Å²) in [6.45, 7) is 3.43. The molecule has 0 atom stereocenters. The fourth-order valence-electron chi connectivity index (χ4n) is 2.92. The van der Waals surface area contributed by atoms with E-state index in [0.29, 0.717) is 0 Å². The van der Waals surface area contributed by atoms with E-state index in [9.17, 15) is 40.0 Å². The molecule has 12 heteroatoms. The number of carbonyl (C=O) groups is 2. The standard InChI is InChI=1S/C22H14N2O10/c1-2-12-19(26)18(33-21(27)13-7-3-5-9-15(13)23(29)30)11-17(25)20(12)34-22(28)14-8-4-6-10-16(14)24(31)32/h2-11,25-26H,1H2. The van der Waals surface area contributed by atoms with E-state index in [-0.39, 0.29) is 5.56 Å². The van der Waals surface area contributed by atoms with Crippen molar-refractivity contribution in [1.82, 2.24) is 0 Å². The lowest BCUT2D eigenvalue weighted by atomic mass is 10.1. The minimum absolute atomic E-state index is 0.378. The normalized spacial score (nSPS) is 10.2. The molecule has 0 aromatic heterocycles. The number of para-hydroxylation sites is 2. The number of esters is 2. The lowest BCUT2D eigenvalue weighted by Gasteiger charge is -2.14. The van der Waals surface area contributed by atoms with E-state index < -0.39 is 67.3 Å². The third-order valence-electron chi connectivity index (χ3n) is 4.48. The Bertz CT molecular complexity index is 1350. The largest absolute Gasteiger partial charge is 0.504 e. The van der Waals surface area contributed by atoms with Crippen molar-refractivity contribution in [3.63, 3.8) is 0 Å². The van der Waals surface area contributed by atoms with Gasteiger partial charge < -0.3 is 19.7 Å². The van der Waals surface area contributed by atoms with Crippen LogP contribution in [0.5, 0.6) is 23.0 Å². The van der Waals surface area contributed by atoms with Gasteiger partial charge in [0.1, 0.15) is 11.1 Å². The van der Waals surface area contributed by atoms with Crippen LogP contribution in [-0.4, -0.2) is 32.0 Å². The van der Waals surface area contributed by atoms with Crippen molar-refractivity contribution in [1.29, 1.82) is 0 Å². The van der Waals surface area contributed by atoms with Gasteiger partial charge in [0.25, 0.3) is 11.4 Å². The number of hydrogen-bond acceptors (Lipinski definition) is 10. The van der Waals surface area contributed by atoms with Gasteiger partial charge in [-0.05, 0) is 12.1 Å². The second-order valence-electron chi connectivity index (χ2n) is 6.52. The van der Waals surface area contributed by atoms with Gasteiger partial charge in [0.05, 0.1) is 15.4 Å². The Hall–Kier alpha value is -5.26. The predicted octanol–water partition coefficient (Wildman–Crippen LogP) is 4.00. The number of rotatable bonds is 7. The molecule has 0 amide bonds. The number of nitrogens with zero attached hydrogens (tertiary/aromatic N) is 2. The summed E-state index contributed by atoms with van der Waals surface area (Å²) >= 11 is 0. The van der Waals surface area contributed by atoms with Crippen LogP contribution in [0.3, 0.4) is 0 Å². The number of nitro groups is 2. The molecule has 3 rings (SSSR count). The zero-order valence-corrected chi connectivity index (χ0v) is 17.0. The number of nitro benzene ring substituents is 2. The van der Waals surface area contributed by atoms with Crippen LogP contribution in [0.1, 0.15) is 26.3 Å². The third-order valence-corrected chi connectivity index (χ3v) is 4.48. The van der Waals surface area contributed by atoms with E-state index in [4.69, 9.17) is 9.47 Å². The van der Waals surface area contributed by atoms with Crippen molar-refractivity contribution in [2.24, 2.45) is 0 Å². The topological polar surface area (TPSA) is 179 Å². The second-order valence-corrected chi connectivity index (χ2v) is 6.52. The summed E-state index contributed by atoms with van der Waals surface area (Å²) in [5, 5.41) is 43.2. The van der Waals surface area contributed by atoms with Crippen LogP contribution in [0.2, 0.25) is 0 Å². The number of benzene rings is 3. The highest BCUT2D eigenvalue weighted by atomic mass is 16.6. The maximum atomic E-state index is 12.5. The van der Waals surface area contributed by atoms with E-state index in [0.717, 1.165) is 36.4 Å². The zero-order chi connectivity index (χ0) is 25.0. The number of aromatic hydroxyl groups is 2. The van der Waals surface area contributed by atoms with Crippen LogP contribution in [0.15, 0.2) is 61.2 Å². The van der Waals surface area contributed by atoms with Crippen molar-refractivity contribution in [2.75, 3.05) is 0 Å². The average Bonchev–Trinajstić information content (AvgIpc) is 2.82. The first-order chi connectivity index (χ1) is 16.1. The molecule has 12 nitrogen and oxygen atoms in total. The smallest absolute Gasteiger partial charge is 0.350 e. The summed E-state index contributed by atoms with van der Waals surface area (Å²) in [5.74, 6) is -5.21. The molecule has 0 aliphatic carbocycles. The Kier molecular flexibility index (Phi) is 6.53. The second kappa shape index (κ2) is 9.48. The number of ether oxygens (including phenoxy) is 2. The Morgan fingerprint density at radius 2 is 1.32 bits per heavy atom. The summed E-state index contributed by atoms with van der Waals surface area (Å²) in [4.78, 5) is 45.7. The van der Waals surface area contributed by atoms with Crippen LogP contribution in [-0.2, 0) is 0 Å². The number of phenols is 2. The molecule has 0 saturated heterocycles. The Morgan fingerprint density at radius 1 is 0.853 bits per heavy atom. The van der Waals surface area contributed by atoms with Crippen molar-refractivity contribution in [2.45, 2.75) is 0 Å². The van der Waals surface area contributed by atoms with E-state index in [1.807, 2.05) is 0 Å². The first-order valence-corrected chi connectivity index (χ1v) is 9.28. The molecule has 2 N–H and O–H groups in total. The molecule has 0 aliphatic rings. The van der Waals surface area contributed by atoms with Crippen molar-refractivity contribution in [3.05, 3.63) is 98.1 Å². The fourth-order valence-corrected chi connectivity index (χ4v) is 2.92. The Labute approximate surface area is 190 Å². The summed E-state index contributed by atoms with van der Waals surface area (Å²) in [6.07, 6.45) is 0.972. The maximum Gasteiger partial charge on any atom is 0.350 e. The van der Waals surface area contributed by atoms with Gasteiger partial charge >= 0.3 is 11.9 Å². The lowest BCUT2D eigenvalue weighted by Crippen LogP contribution is -2.13. The van der Waals surface area contributed by atoms with Crippen molar-refractivity contribution in [3.8, 4) is 23.0 Å². The maximum absolute atomic E-state index is 12.5. The highest BCUT2D eigenvalue weighted by Crippen LogP contribution is 2.45. The van der Waals surface area contributed by atoms with Crippen LogP contribution in [0, 0.1) is 20.2 Å². The Morgan fingerprint density at radius 3 is 1.79 bits per heavy atom. The van der Waals surface area contributed by atoms with E-state index >= 15 is 0 Å². The molecule has 0 aliphatic heterocycles. The van der Waals surface area contributed by atoms with Gasteiger partial charge in [-0.2, -0.15) is 0 Å². The molecule has 0 saturated carbocycles. The van der Waals surface area contributed by atoms with Crippen LogP contribution >= 0.6 is 0 Å². The van der Waals surface area contributed by atoms with E-state index in [2.05, 4.69) is 6.58 Å². The van der Waals surface area contributed by atoms with Crippen molar-refractivity contribution < 1.29 is 39.1 Å². The highest BCUT2D eigenvalue weighted by molar-refractivity contribution is 5.97. The molecule has 172 valence electrons.